The first-order valence-electron chi connectivity index (χ1n) is 16.2. The van der Waals surface area contributed by atoms with Crippen molar-refractivity contribution in [3.63, 3.8) is 0 Å². The van der Waals surface area contributed by atoms with E-state index < -0.39 is 5.60 Å². The van der Waals surface area contributed by atoms with Gasteiger partial charge in [-0.15, -0.1) is 0 Å². The molecule has 0 aromatic carbocycles. The highest BCUT2D eigenvalue weighted by atomic mass is 16.6. The number of likely N-dealkylation sites (N-methyl/N-ethyl adjacent to an activating group) is 1. The lowest BCUT2D eigenvalue weighted by atomic mass is 9.43. The molecule has 0 bridgehead atoms. The van der Waals surface area contributed by atoms with Gasteiger partial charge in [-0.2, -0.15) is 0 Å². The molecule has 0 unspecified atom stereocenters. The van der Waals surface area contributed by atoms with E-state index in [1.54, 1.807) is 6.26 Å². The second-order valence-corrected chi connectivity index (χ2v) is 14.7. The van der Waals surface area contributed by atoms with E-state index in [0.717, 1.165) is 96.1 Å². The average Bonchev–Trinajstić information content (AvgIpc) is 3.24. The highest BCUT2D eigenvalue weighted by Crippen LogP contribution is 2.70. The van der Waals surface area contributed by atoms with Crippen LogP contribution in [0.15, 0.2) is 27.6 Å². The second kappa shape index (κ2) is 11.0. The molecule has 5 fully saturated rings. The lowest BCUT2D eigenvalue weighted by Gasteiger charge is -2.64. The van der Waals surface area contributed by atoms with Gasteiger partial charge in [0.1, 0.15) is 6.61 Å². The van der Waals surface area contributed by atoms with Crippen LogP contribution in [-0.4, -0.2) is 91.0 Å². The monoisotopic (exact) mass is 569 g/mol. The van der Waals surface area contributed by atoms with Gasteiger partial charge in [0.2, 0.25) is 0 Å². The smallest absolute Gasteiger partial charge is 0.409 e. The Kier molecular flexibility index (Phi) is 7.82. The number of rotatable bonds is 5. The Bertz CT molecular complexity index is 1150. The molecular formula is C33H51N3O5. The topological polar surface area (TPSA) is 86.5 Å². The molecule has 8 heteroatoms. The van der Waals surface area contributed by atoms with Crippen LogP contribution < -0.4 is 5.63 Å². The molecule has 4 aliphatic carbocycles. The SMILES string of the molecule is CN1CCN(CCOC(=O)N(C)[C@H]2CC[C@@]3(C)[C@H](CC[C@@H]4[C@@H]3CC[C@]3(C)[C@@H](c5ccc(=O)oc5)CC[C@]43O)C2)CC1. The lowest BCUT2D eigenvalue weighted by Crippen LogP contribution is -2.62. The quantitative estimate of drug-likeness (QED) is 0.556. The molecule has 1 saturated heterocycles. The Morgan fingerprint density at radius 3 is 2.56 bits per heavy atom. The van der Waals surface area contributed by atoms with E-state index in [1.165, 1.54) is 6.07 Å². The molecule has 1 aromatic rings. The maximum atomic E-state index is 13.0. The summed E-state index contributed by atoms with van der Waals surface area (Å²) in [6.45, 7) is 10.3. The van der Waals surface area contributed by atoms with Crippen LogP contribution in [0.25, 0.3) is 0 Å². The summed E-state index contributed by atoms with van der Waals surface area (Å²) < 4.78 is 11.0. The van der Waals surface area contributed by atoms with Gasteiger partial charge in [-0.05, 0) is 106 Å². The van der Waals surface area contributed by atoms with Crippen LogP contribution in [0.4, 0.5) is 4.79 Å². The third-order valence-electron chi connectivity index (χ3n) is 13.0. The fraction of sp³-hybridized carbons (Fsp3) is 0.818. The third kappa shape index (κ3) is 4.96. The van der Waals surface area contributed by atoms with Crippen LogP contribution in [0.3, 0.4) is 0 Å². The molecular weight excluding hydrogens is 518 g/mol. The van der Waals surface area contributed by atoms with Gasteiger partial charge in [0.15, 0.2) is 0 Å². The number of carbonyl (C=O) groups excluding carboxylic acids is 1. The fourth-order valence-corrected chi connectivity index (χ4v) is 10.2. The minimum Gasteiger partial charge on any atom is -0.448 e. The van der Waals surface area contributed by atoms with Gasteiger partial charge in [0.25, 0.3) is 0 Å². The highest BCUT2D eigenvalue weighted by molar-refractivity contribution is 5.67. The number of nitrogens with zero attached hydrogens (tertiary/aromatic N) is 3. The number of aliphatic hydroxyl groups is 1. The van der Waals surface area contributed by atoms with Crippen LogP contribution in [0.2, 0.25) is 0 Å². The molecule has 1 amide bonds. The molecule has 1 aromatic heterocycles. The maximum absolute atomic E-state index is 13.0. The predicted octanol–water partition coefficient (Wildman–Crippen LogP) is 4.57. The molecule has 8 nitrogen and oxygen atoms in total. The first-order valence-corrected chi connectivity index (χ1v) is 16.2. The van der Waals surface area contributed by atoms with Gasteiger partial charge in [-0.1, -0.05) is 13.8 Å². The van der Waals surface area contributed by atoms with Crippen molar-refractivity contribution in [2.24, 2.45) is 28.6 Å². The summed E-state index contributed by atoms with van der Waals surface area (Å²) >= 11 is 0. The molecule has 4 saturated carbocycles. The second-order valence-electron chi connectivity index (χ2n) is 14.7. The Hall–Kier alpha value is -1.90. The summed E-state index contributed by atoms with van der Waals surface area (Å²) in [4.78, 5) is 31.2. The molecule has 228 valence electrons. The van der Waals surface area contributed by atoms with E-state index in [4.69, 9.17) is 9.15 Å². The summed E-state index contributed by atoms with van der Waals surface area (Å²) in [6.07, 6.45) is 10.6. The zero-order chi connectivity index (χ0) is 29.0. The van der Waals surface area contributed by atoms with E-state index >= 15 is 0 Å². The Morgan fingerprint density at radius 1 is 1.05 bits per heavy atom. The Balaban J connectivity index is 1.08. The summed E-state index contributed by atoms with van der Waals surface area (Å²) in [5.41, 5.74) is 0.0389. The summed E-state index contributed by atoms with van der Waals surface area (Å²) in [5, 5.41) is 12.5. The molecule has 41 heavy (non-hydrogen) atoms. The van der Waals surface area contributed by atoms with Gasteiger partial charge < -0.3 is 24.1 Å². The molecule has 0 spiro atoms. The number of amides is 1. The van der Waals surface area contributed by atoms with E-state index in [9.17, 15) is 14.7 Å². The average molecular weight is 570 g/mol. The highest BCUT2D eigenvalue weighted by Gasteiger charge is 2.67. The Labute approximate surface area is 245 Å². The molecule has 8 atom stereocenters. The van der Waals surface area contributed by atoms with Crippen molar-refractivity contribution in [1.29, 1.82) is 0 Å². The molecule has 1 aliphatic heterocycles. The number of carbonyl (C=O) groups is 1. The van der Waals surface area contributed by atoms with Gasteiger partial charge in [-0.25, -0.2) is 9.59 Å². The van der Waals surface area contributed by atoms with Crippen LogP contribution in [0.5, 0.6) is 0 Å². The van der Waals surface area contributed by atoms with Gasteiger partial charge in [-0.3, -0.25) is 4.90 Å². The molecule has 2 heterocycles. The Morgan fingerprint density at radius 2 is 1.83 bits per heavy atom. The summed E-state index contributed by atoms with van der Waals surface area (Å²) in [6, 6.07) is 3.65. The minimum absolute atomic E-state index is 0.182. The first kappa shape index (κ1) is 29.2. The predicted molar refractivity (Wildman–Crippen MR) is 158 cm³/mol. The lowest BCUT2D eigenvalue weighted by molar-refractivity contribution is -0.203. The van der Waals surface area contributed by atoms with Gasteiger partial charge >= 0.3 is 11.7 Å². The fourth-order valence-electron chi connectivity index (χ4n) is 10.2. The largest absolute Gasteiger partial charge is 0.448 e. The van der Waals surface area contributed by atoms with E-state index in [2.05, 4.69) is 30.7 Å². The number of hydrogen-bond donors (Lipinski definition) is 1. The van der Waals surface area contributed by atoms with Crippen molar-refractivity contribution >= 4 is 6.09 Å². The van der Waals surface area contributed by atoms with Crippen LogP contribution in [-0.2, 0) is 4.74 Å². The van der Waals surface area contributed by atoms with Crippen molar-refractivity contribution in [3.05, 3.63) is 34.4 Å². The third-order valence-corrected chi connectivity index (χ3v) is 13.0. The van der Waals surface area contributed by atoms with E-state index in [-0.39, 0.29) is 34.5 Å². The zero-order valence-corrected chi connectivity index (χ0v) is 25.6. The number of fused-ring (bicyclic) bond motifs is 5. The van der Waals surface area contributed by atoms with Crippen LogP contribution in [0.1, 0.15) is 83.1 Å². The number of hydrogen-bond acceptors (Lipinski definition) is 7. The van der Waals surface area contributed by atoms with Crippen molar-refractivity contribution in [2.75, 3.05) is 53.4 Å². The van der Waals surface area contributed by atoms with Crippen LogP contribution in [0, 0.1) is 28.6 Å². The van der Waals surface area contributed by atoms with Gasteiger partial charge in [0.05, 0.1) is 11.9 Å². The number of ether oxygens (including phenoxy) is 1. The van der Waals surface area contributed by atoms with Gasteiger partial charge in [0, 0.05) is 57.3 Å². The van der Waals surface area contributed by atoms with Crippen molar-refractivity contribution in [2.45, 2.75) is 89.2 Å². The molecule has 0 radical (unpaired) electrons. The van der Waals surface area contributed by atoms with Crippen molar-refractivity contribution in [1.82, 2.24) is 14.7 Å². The maximum Gasteiger partial charge on any atom is 0.409 e. The molecule has 6 rings (SSSR count). The summed E-state index contributed by atoms with van der Waals surface area (Å²) in [5.74, 6) is 1.59. The minimum atomic E-state index is -0.689. The summed E-state index contributed by atoms with van der Waals surface area (Å²) in [7, 11) is 4.08. The van der Waals surface area contributed by atoms with Crippen molar-refractivity contribution < 1.29 is 19.1 Å². The van der Waals surface area contributed by atoms with E-state index in [1.807, 2.05) is 18.0 Å². The normalized spacial score (nSPS) is 41.2. The van der Waals surface area contributed by atoms with Crippen molar-refractivity contribution in [3.8, 4) is 0 Å². The first-order chi connectivity index (χ1) is 19.5. The van der Waals surface area contributed by atoms with E-state index in [0.29, 0.717) is 24.4 Å². The number of piperazine rings is 1. The standard InChI is InChI=1S/C33H51N3O5/c1-31-12-9-25(35(4)30(38)40-20-19-36-17-15-34(3)16-18-36)21-24(31)6-7-28-27(31)10-13-32(2)26(11-14-33(28,32)39)23-5-8-29(37)41-22-23/h5,8,22,24-28,39H,6-7,9-21H2,1-4H3/t24-,25+,26-,27+,28-,31+,32-,33+/m1/s1. The van der Waals surface area contributed by atoms with Crippen LogP contribution >= 0.6 is 0 Å². The molecule has 1 N–H and O–H groups in total. The molecule has 5 aliphatic rings. The zero-order valence-electron chi connectivity index (χ0n) is 25.6.